The highest BCUT2D eigenvalue weighted by molar-refractivity contribution is 5.83. The van der Waals surface area contributed by atoms with Crippen LogP contribution in [0.25, 0.3) is 0 Å². The van der Waals surface area contributed by atoms with Gasteiger partial charge in [0, 0.05) is 6.08 Å². The summed E-state index contributed by atoms with van der Waals surface area (Å²) in [5.74, 6) is -0.494. The lowest BCUT2D eigenvalue weighted by molar-refractivity contribution is -0.138. The highest BCUT2D eigenvalue weighted by Crippen LogP contribution is 2.07. The van der Waals surface area contributed by atoms with Crippen molar-refractivity contribution in [2.75, 3.05) is 0 Å². The summed E-state index contributed by atoms with van der Waals surface area (Å²) in [7, 11) is 0. The molecule has 0 aromatic rings. The molecule has 3 heteroatoms. The monoisotopic (exact) mass is 233 g/mol. The van der Waals surface area contributed by atoms with Crippen molar-refractivity contribution in [2.24, 2.45) is 0 Å². The van der Waals surface area contributed by atoms with Crippen molar-refractivity contribution in [3.63, 3.8) is 0 Å². The average Bonchev–Trinajstić information content (AvgIpc) is 2.25. The lowest BCUT2D eigenvalue weighted by Crippen LogP contribution is -2.12. The van der Waals surface area contributed by atoms with Crippen LogP contribution in [0.4, 0.5) is 0 Å². The first-order valence-electron chi connectivity index (χ1n) is 5.53. The first-order chi connectivity index (χ1) is 7.99. The molecular formula is C14H19NO2. The number of nitrogens with zero attached hydrogens (tertiary/aromatic N) is 1. The summed E-state index contributed by atoms with van der Waals surface area (Å²) in [6, 6.07) is 1.81. The minimum absolute atomic E-state index is 0.494. The van der Waals surface area contributed by atoms with Gasteiger partial charge in [0.25, 0.3) is 0 Å². The summed E-state index contributed by atoms with van der Waals surface area (Å²) in [5.41, 5.74) is 2.20. The van der Waals surface area contributed by atoms with Gasteiger partial charge in [0.1, 0.15) is 6.07 Å². The van der Waals surface area contributed by atoms with Crippen molar-refractivity contribution >= 4 is 5.97 Å². The van der Waals surface area contributed by atoms with Crippen LogP contribution in [-0.2, 0) is 9.53 Å². The van der Waals surface area contributed by atoms with Crippen LogP contribution < -0.4 is 0 Å². The Morgan fingerprint density at radius 3 is 2.59 bits per heavy atom. The zero-order valence-electron chi connectivity index (χ0n) is 10.7. The van der Waals surface area contributed by atoms with E-state index in [-0.39, 0.29) is 0 Å². The third-order valence-corrected chi connectivity index (χ3v) is 2.04. The molecule has 0 aromatic heterocycles. The second-order valence-corrected chi connectivity index (χ2v) is 4.03. The molecule has 1 unspecified atom stereocenters. The Balaban J connectivity index is 4.20. The smallest absolute Gasteiger partial charge is 0.332 e. The number of ether oxygens (including phenoxy) is 1. The van der Waals surface area contributed by atoms with Crippen LogP contribution in [0, 0.1) is 11.3 Å². The van der Waals surface area contributed by atoms with Crippen molar-refractivity contribution in [3.05, 3.63) is 36.0 Å². The molecule has 0 aliphatic carbocycles. The van der Waals surface area contributed by atoms with Gasteiger partial charge in [-0.05, 0) is 39.7 Å². The van der Waals surface area contributed by atoms with Crippen LogP contribution >= 0.6 is 0 Å². The van der Waals surface area contributed by atoms with Gasteiger partial charge in [-0.3, -0.25) is 0 Å². The van der Waals surface area contributed by atoms with Gasteiger partial charge in [0.05, 0.1) is 0 Å². The van der Waals surface area contributed by atoms with E-state index in [0.717, 1.165) is 18.4 Å². The van der Waals surface area contributed by atoms with Crippen LogP contribution in [-0.4, -0.2) is 12.1 Å². The Morgan fingerprint density at radius 1 is 1.47 bits per heavy atom. The molecule has 0 radical (unpaired) electrons. The second-order valence-electron chi connectivity index (χ2n) is 4.03. The first-order valence-corrected chi connectivity index (χ1v) is 5.53. The minimum Gasteiger partial charge on any atom is -0.439 e. The van der Waals surface area contributed by atoms with Crippen molar-refractivity contribution in [1.82, 2.24) is 0 Å². The maximum Gasteiger partial charge on any atom is 0.332 e. The highest BCUT2D eigenvalue weighted by Gasteiger charge is 2.07. The van der Waals surface area contributed by atoms with E-state index in [1.807, 2.05) is 26.8 Å². The minimum atomic E-state index is -0.871. The molecule has 0 N–H and O–H groups in total. The Hall–Kier alpha value is -1.82. The molecule has 0 saturated heterocycles. The molecule has 0 amide bonds. The third kappa shape index (κ3) is 8.04. The molecule has 1 atom stereocenters. The van der Waals surface area contributed by atoms with Crippen molar-refractivity contribution in [2.45, 2.75) is 39.7 Å². The van der Waals surface area contributed by atoms with Gasteiger partial charge in [-0.25, -0.2) is 4.79 Å². The molecule has 3 nitrogen and oxygen atoms in total. The van der Waals surface area contributed by atoms with Crippen LogP contribution in [0.2, 0.25) is 0 Å². The SMILES string of the molecule is C=CC(C#N)OC(=O)/C=C(\C)CCC=C(C)C. The van der Waals surface area contributed by atoms with E-state index >= 15 is 0 Å². The Bertz CT molecular complexity index is 368. The third-order valence-electron chi connectivity index (χ3n) is 2.04. The zero-order chi connectivity index (χ0) is 13.3. The summed E-state index contributed by atoms with van der Waals surface area (Å²) in [4.78, 5) is 11.4. The highest BCUT2D eigenvalue weighted by atomic mass is 16.5. The lowest BCUT2D eigenvalue weighted by Gasteiger charge is -2.04. The Kier molecular flexibility index (Phi) is 7.45. The summed E-state index contributed by atoms with van der Waals surface area (Å²) in [6.07, 6.45) is 5.68. The first kappa shape index (κ1) is 15.2. The van der Waals surface area contributed by atoms with Gasteiger partial charge in [-0.2, -0.15) is 5.26 Å². The molecule has 92 valence electrons. The molecule has 0 fully saturated rings. The largest absolute Gasteiger partial charge is 0.439 e. The lowest BCUT2D eigenvalue weighted by atomic mass is 10.1. The van der Waals surface area contributed by atoms with E-state index in [2.05, 4.69) is 12.7 Å². The zero-order valence-corrected chi connectivity index (χ0v) is 10.7. The average molecular weight is 233 g/mol. The normalized spacial score (nSPS) is 12.2. The summed E-state index contributed by atoms with van der Waals surface area (Å²) in [6.45, 7) is 9.35. The number of allylic oxidation sites excluding steroid dienone is 3. The number of hydrogen-bond donors (Lipinski definition) is 0. The molecule has 0 saturated carbocycles. The number of nitriles is 1. The van der Waals surface area contributed by atoms with Gasteiger partial charge in [-0.15, -0.1) is 0 Å². The molecule has 0 aromatic carbocycles. The molecular weight excluding hydrogens is 214 g/mol. The van der Waals surface area contributed by atoms with E-state index in [4.69, 9.17) is 10.00 Å². The number of carbonyl (C=O) groups excluding carboxylic acids is 1. The van der Waals surface area contributed by atoms with Gasteiger partial charge < -0.3 is 4.74 Å². The molecule has 0 bridgehead atoms. The van der Waals surface area contributed by atoms with Crippen molar-refractivity contribution < 1.29 is 9.53 Å². The van der Waals surface area contributed by atoms with Gasteiger partial charge >= 0.3 is 5.97 Å². The van der Waals surface area contributed by atoms with Crippen LogP contribution in [0.1, 0.15) is 33.6 Å². The maximum absolute atomic E-state index is 11.4. The second kappa shape index (κ2) is 8.35. The molecule has 0 rings (SSSR count). The van der Waals surface area contributed by atoms with Crippen LogP contribution in [0.5, 0.6) is 0 Å². The predicted molar refractivity (Wildman–Crippen MR) is 68.1 cm³/mol. The fourth-order valence-electron chi connectivity index (χ4n) is 1.15. The topological polar surface area (TPSA) is 50.1 Å². The van der Waals surface area contributed by atoms with E-state index in [1.165, 1.54) is 17.7 Å². The Labute approximate surface area is 103 Å². The molecule has 0 heterocycles. The number of esters is 1. The van der Waals surface area contributed by atoms with E-state index in [9.17, 15) is 4.79 Å². The fraction of sp³-hybridized carbons (Fsp3) is 0.429. The van der Waals surface area contributed by atoms with E-state index < -0.39 is 12.1 Å². The van der Waals surface area contributed by atoms with E-state index in [0.29, 0.717) is 0 Å². The van der Waals surface area contributed by atoms with Gasteiger partial charge in [-0.1, -0.05) is 23.8 Å². The van der Waals surface area contributed by atoms with Gasteiger partial charge in [0.15, 0.2) is 0 Å². The number of rotatable bonds is 6. The quantitative estimate of drug-likeness (QED) is 0.402. The fourth-order valence-corrected chi connectivity index (χ4v) is 1.15. The van der Waals surface area contributed by atoms with Crippen LogP contribution in [0.3, 0.4) is 0 Å². The van der Waals surface area contributed by atoms with Crippen LogP contribution in [0.15, 0.2) is 36.0 Å². The van der Waals surface area contributed by atoms with E-state index in [1.54, 1.807) is 0 Å². The van der Waals surface area contributed by atoms with Crippen molar-refractivity contribution in [3.8, 4) is 6.07 Å². The summed E-state index contributed by atoms with van der Waals surface area (Å²) in [5, 5.41) is 8.58. The summed E-state index contributed by atoms with van der Waals surface area (Å²) < 4.78 is 4.84. The number of hydrogen-bond acceptors (Lipinski definition) is 3. The van der Waals surface area contributed by atoms with Crippen molar-refractivity contribution in [1.29, 1.82) is 5.26 Å². The maximum atomic E-state index is 11.4. The summed E-state index contributed by atoms with van der Waals surface area (Å²) >= 11 is 0. The molecule has 0 spiro atoms. The van der Waals surface area contributed by atoms with Gasteiger partial charge in [0.2, 0.25) is 6.10 Å². The number of carbonyl (C=O) groups is 1. The molecule has 17 heavy (non-hydrogen) atoms. The standard InChI is InChI=1S/C14H19NO2/c1-5-13(10-15)17-14(16)9-12(4)8-6-7-11(2)3/h5,7,9,13H,1,6,8H2,2-4H3/b12-9+. The Morgan fingerprint density at radius 2 is 2.12 bits per heavy atom. The predicted octanol–water partition coefficient (Wildman–Crippen LogP) is 3.30. The molecule has 0 aliphatic rings. The molecule has 0 aliphatic heterocycles.